The van der Waals surface area contributed by atoms with Gasteiger partial charge >= 0.3 is 30.0 Å². The van der Waals surface area contributed by atoms with Gasteiger partial charge in [0.2, 0.25) is 0 Å². The first kappa shape index (κ1) is 14.4. The molecule has 0 aliphatic carbocycles. The molecule has 0 N–H and O–H groups in total. The molecule has 1 rings (SSSR count). The van der Waals surface area contributed by atoms with E-state index in [1.54, 1.807) is 12.1 Å². The summed E-state index contributed by atoms with van der Waals surface area (Å²) in [4.78, 5) is 0. The van der Waals surface area contributed by atoms with E-state index in [0.29, 0.717) is 10.9 Å². The number of rotatable bonds is 3. The molecule has 0 bridgehead atoms. The van der Waals surface area contributed by atoms with Gasteiger partial charge in [-0.1, -0.05) is 18.9 Å². The minimum absolute atomic E-state index is 0.536. The van der Waals surface area contributed by atoms with Crippen LogP contribution >= 0.6 is 25.2 Å². The normalized spacial score (nSPS) is 9.36. The van der Waals surface area contributed by atoms with Crippen molar-refractivity contribution in [2.24, 2.45) is 5.92 Å². The predicted octanol–water partition coefficient (Wildman–Crippen LogP) is 4.02. The van der Waals surface area contributed by atoms with Crippen LogP contribution in [0.2, 0.25) is 5.02 Å². The van der Waals surface area contributed by atoms with Crippen molar-refractivity contribution in [1.82, 2.24) is 0 Å². The summed E-state index contributed by atoms with van der Waals surface area (Å²) in [5, 5.41) is 0.687. The summed E-state index contributed by atoms with van der Waals surface area (Å²) in [5.41, 5.74) is 0. The van der Waals surface area contributed by atoms with Crippen LogP contribution in [0.15, 0.2) is 18.2 Å². The van der Waals surface area contributed by atoms with E-state index in [4.69, 9.17) is 16.3 Å². The maximum absolute atomic E-state index is 5.69. The van der Waals surface area contributed by atoms with E-state index in [2.05, 4.69) is 33.5 Å². The second-order valence-corrected chi connectivity index (χ2v) is 3.51. The predicted molar refractivity (Wildman–Crippen MR) is 59.5 cm³/mol. The third kappa shape index (κ3) is 6.81. The number of halogens is 2. The van der Waals surface area contributed by atoms with Crippen LogP contribution in [-0.4, -0.2) is 6.61 Å². The third-order valence-electron chi connectivity index (χ3n) is 1.32. The zero-order chi connectivity index (χ0) is 11.0. The zero-order valence-electron chi connectivity index (χ0n) is 8.39. The van der Waals surface area contributed by atoms with Gasteiger partial charge in [0.15, 0.2) is 0 Å². The molecule has 0 amide bonds. The summed E-state index contributed by atoms with van der Waals surface area (Å²) in [6, 6.07) is 8.27. The molecule has 0 spiro atoms. The number of hydrogen-bond donors (Lipinski definition) is 0. The molecule has 1 aromatic rings. The Balaban J connectivity index is 0.000000791. The number of hydrogen-bond acceptors (Lipinski definition) is 1. The van der Waals surface area contributed by atoms with E-state index in [1.807, 2.05) is 6.07 Å². The fraction of sp³-hybridized carbons (Fsp3) is 0.400. The first-order chi connectivity index (χ1) is 6.68. The van der Waals surface area contributed by atoms with Gasteiger partial charge in [0.1, 0.15) is 0 Å². The van der Waals surface area contributed by atoms with Crippen LogP contribution in [-0.2, 0) is 16.3 Å². The van der Waals surface area contributed by atoms with Gasteiger partial charge in [0.05, 0.1) is 6.61 Å². The molecular weight excluding hydrogens is 317 g/mol. The van der Waals surface area contributed by atoms with Crippen molar-refractivity contribution in [3.05, 3.63) is 29.3 Å². The van der Waals surface area contributed by atoms with Crippen LogP contribution in [0.1, 0.15) is 13.8 Å². The first-order valence-electron chi connectivity index (χ1n) is 4.25. The molecule has 0 heterocycles. The Hall–Kier alpha value is 0.413. The van der Waals surface area contributed by atoms with Gasteiger partial charge in [-0.05, 0) is 5.92 Å². The first-order valence-corrected chi connectivity index (χ1v) is 11.6. The molecule has 0 aliphatic rings. The van der Waals surface area contributed by atoms with Crippen molar-refractivity contribution in [1.29, 1.82) is 0 Å². The summed E-state index contributed by atoms with van der Waals surface area (Å²) in [5.74, 6) is 1.29. The summed E-state index contributed by atoms with van der Waals surface area (Å²) in [6.45, 7) is 4.93. The van der Waals surface area contributed by atoms with Gasteiger partial charge in [-0.15, -0.1) is 12.1 Å². The van der Waals surface area contributed by atoms with Gasteiger partial charge < -0.3 is 4.74 Å². The van der Waals surface area contributed by atoms with Crippen molar-refractivity contribution in [3.63, 3.8) is 0 Å². The quantitative estimate of drug-likeness (QED) is 0.601. The molecule has 0 unspecified atom stereocenters. The van der Waals surface area contributed by atoms with Gasteiger partial charge in [-0.25, -0.2) is 0 Å². The van der Waals surface area contributed by atoms with Crippen molar-refractivity contribution in [2.75, 3.05) is 6.61 Å². The average molecular weight is 329 g/mol. The van der Waals surface area contributed by atoms with Crippen molar-refractivity contribution < 1.29 is 21.1 Å². The van der Waals surface area contributed by atoms with Crippen LogP contribution in [0, 0.1) is 12.0 Å². The maximum atomic E-state index is 5.69. The Labute approximate surface area is 107 Å². The summed E-state index contributed by atoms with van der Waals surface area (Å²) >= 11 is 9.94. The Morgan fingerprint density at radius 3 is 2.57 bits per heavy atom. The van der Waals surface area contributed by atoms with E-state index in [0.717, 1.165) is 12.4 Å². The second-order valence-electron chi connectivity index (χ2n) is 3.08. The fourth-order valence-electron chi connectivity index (χ4n) is 0.738. The van der Waals surface area contributed by atoms with Gasteiger partial charge in [-0.2, -0.15) is 23.7 Å². The van der Waals surface area contributed by atoms with Crippen molar-refractivity contribution in [3.8, 4) is 5.75 Å². The van der Waals surface area contributed by atoms with E-state index in [-0.39, 0.29) is 0 Å². The molecule has 74 valence electrons. The van der Waals surface area contributed by atoms with E-state index >= 15 is 0 Å². The molecule has 4 heteroatoms. The summed E-state index contributed by atoms with van der Waals surface area (Å²) < 4.78 is 5.41. The third-order valence-corrected chi connectivity index (χ3v) is 1.55. The number of ether oxygens (including phenoxy) is 1. The van der Waals surface area contributed by atoms with E-state index < -0.39 is 0 Å². The molecule has 0 atom stereocenters. The zero-order valence-corrected chi connectivity index (χ0v) is 13.7. The van der Waals surface area contributed by atoms with Crippen LogP contribution in [0.5, 0.6) is 5.75 Å². The van der Waals surface area contributed by atoms with Crippen molar-refractivity contribution >= 4 is 25.2 Å². The van der Waals surface area contributed by atoms with Crippen LogP contribution in [0.4, 0.5) is 0 Å². The average Bonchev–Trinajstić information content (AvgIpc) is 2.20. The fourth-order valence-corrected chi connectivity index (χ4v) is 0.855. The molecule has 0 saturated heterocycles. The molecule has 0 aliphatic heterocycles. The summed E-state index contributed by atoms with van der Waals surface area (Å²) in [7, 11) is 0. The topological polar surface area (TPSA) is 9.23 Å². The number of benzene rings is 1. The summed E-state index contributed by atoms with van der Waals surface area (Å²) in [6.07, 6.45) is 0. The Kier molecular flexibility index (Phi) is 8.96. The molecular formula is C10H12BrClOZn. The molecule has 1 aromatic carbocycles. The molecule has 0 radical (unpaired) electrons. The Bertz CT molecular complexity index is 238. The van der Waals surface area contributed by atoms with Crippen molar-refractivity contribution in [2.45, 2.75) is 13.8 Å². The van der Waals surface area contributed by atoms with Crippen LogP contribution in [0.3, 0.4) is 0 Å². The molecule has 1 nitrogen and oxygen atoms in total. The van der Waals surface area contributed by atoms with E-state index in [9.17, 15) is 0 Å². The molecule has 0 fully saturated rings. The molecule has 0 saturated carbocycles. The van der Waals surface area contributed by atoms with Crippen LogP contribution in [0.25, 0.3) is 0 Å². The minimum atomic E-state index is 0.536. The molecule has 14 heavy (non-hydrogen) atoms. The Morgan fingerprint density at radius 1 is 1.50 bits per heavy atom. The SMILES string of the molecule is CC(C)COc1[c-]cc(Cl)cc1.[Zn+][Br]. The Morgan fingerprint density at radius 2 is 2.14 bits per heavy atom. The second kappa shape index (κ2) is 8.70. The van der Waals surface area contributed by atoms with Crippen LogP contribution < -0.4 is 4.74 Å². The monoisotopic (exact) mass is 326 g/mol. The standard InChI is InChI=1S/C10H12ClO.BrH.Zn/c1-8(2)7-12-10-5-3-9(11)4-6-10;;/h3-5,8H,7H2,1-2H3;1H;/q-1;;+2/p-1. The molecule has 0 aromatic heterocycles. The van der Waals surface area contributed by atoms with E-state index in [1.165, 1.54) is 16.3 Å². The van der Waals surface area contributed by atoms with Gasteiger partial charge in [-0.3, -0.25) is 0 Å². The van der Waals surface area contributed by atoms with Gasteiger partial charge in [0.25, 0.3) is 0 Å². The van der Waals surface area contributed by atoms with Gasteiger partial charge in [0, 0.05) is 5.75 Å².